The smallest absolute Gasteiger partial charge is 0.0699 e. The van der Waals surface area contributed by atoms with Crippen molar-refractivity contribution >= 4 is 0 Å². The molecule has 2 unspecified atom stereocenters. The monoisotopic (exact) mass is 1670 g/mol. The fourth-order valence-corrected chi connectivity index (χ4v) is 21.2. The van der Waals surface area contributed by atoms with Crippen molar-refractivity contribution in [3.63, 3.8) is 0 Å². The average Bonchev–Trinajstić information content (AvgIpc) is 1.82. The molecule has 2 bridgehead atoms. The third-order valence-electron chi connectivity index (χ3n) is 29.8. The molecule has 2 fully saturated rings. The highest BCUT2D eigenvalue weighted by atomic mass is 16.5. The van der Waals surface area contributed by atoms with E-state index in [1.807, 2.05) is 0 Å². The van der Waals surface area contributed by atoms with E-state index < -0.39 is 0 Å². The van der Waals surface area contributed by atoms with E-state index in [2.05, 4.69) is 5.32 Å². The molecule has 2 atom stereocenters. The fraction of sp³-hybridized carbons (Fsp3) is 1.00. The highest BCUT2D eigenvalue weighted by molar-refractivity contribution is 4.74. The number of hydrogen-bond donors (Lipinski definition) is 1. The van der Waals surface area contributed by atoms with Crippen LogP contribution in [0.2, 0.25) is 0 Å². The Bertz CT molecular complexity index is 1560. The predicted molar refractivity (Wildman–Crippen MR) is 543 cm³/mol. The number of nitrogens with one attached hydrogen (secondary N) is 1. The lowest BCUT2D eigenvalue weighted by Crippen LogP contribution is -2.28. The summed E-state index contributed by atoms with van der Waals surface area (Å²) in [7, 11) is 0. The Kier molecular flexibility index (Phi) is 103. The summed E-state index contributed by atoms with van der Waals surface area (Å²) in [6, 6.07) is 0. The third kappa shape index (κ3) is 99.9. The molecule has 0 spiro atoms. The van der Waals surface area contributed by atoms with Gasteiger partial charge in [-0.05, 0) is 38.1 Å². The van der Waals surface area contributed by atoms with Gasteiger partial charge in [-0.15, -0.1) is 0 Å². The fourth-order valence-electron chi connectivity index (χ4n) is 21.2. The van der Waals surface area contributed by atoms with Crippen LogP contribution in [0, 0.1) is 5.92 Å². The first-order valence-corrected chi connectivity index (χ1v) is 58.8. The summed E-state index contributed by atoms with van der Waals surface area (Å²) in [5, 5.41) is 3.79. The molecule has 0 radical (unpaired) electrons. The number of rotatable bonds is 0. The Morgan fingerprint density at radius 1 is 0.101 bits per heavy atom. The molecule has 2 aliphatic heterocycles. The van der Waals surface area contributed by atoms with Crippen molar-refractivity contribution in [3.05, 3.63) is 0 Å². The Hall–Kier alpha value is -0.0800. The summed E-state index contributed by atoms with van der Waals surface area (Å²) in [6.45, 7) is 3.29. The van der Waals surface area contributed by atoms with Crippen molar-refractivity contribution < 1.29 is 4.74 Å². The van der Waals surface area contributed by atoms with Crippen LogP contribution >= 0.6 is 0 Å². The maximum Gasteiger partial charge on any atom is 0.0699 e. The summed E-state index contributed by atoms with van der Waals surface area (Å²) in [5.74, 6) is 0.873. The van der Waals surface area contributed by atoms with E-state index in [0.717, 1.165) is 19.1 Å². The Morgan fingerprint density at radius 3 is 0.336 bits per heavy atom. The van der Waals surface area contributed by atoms with Gasteiger partial charge in [0.15, 0.2) is 0 Å². The summed E-state index contributed by atoms with van der Waals surface area (Å²) >= 11 is 0. The van der Waals surface area contributed by atoms with Crippen molar-refractivity contribution in [1.82, 2.24) is 5.32 Å². The molecule has 2 heterocycles. The lowest BCUT2D eigenvalue weighted by atomic mass is 9.95. The molecule has 2 saturated heterocycles. The topological polar surface area (TPSA) is 21.3 Å². The zero-order valence-corrected chi connectivity index (χ0v) is 83.4. The molecule has 0 aromatic heterocycles. The van der Waals surface area contributed by atoms with Crippen LogP contribution in [0.1, 0.15) is 719 Å². The van der Waals surface area contributed by atoms with Gasteiger partial charge in [-0.3, -0.25) is 0 Å². The molecule has 119 heavy (non-hydrogen) atoms. The van der Waals surface area contributed by atoms with E-state index in [4.69, 9.17) is 4.74 Å². The summed E-state index contributed by atoms with van der Waals surface area (Å²) < 4.78 is 6.42. The van der Waals surface area contributed by atoms with Gasteiger partial charge in [0, 0.05) is 13.2 Å². The van der Waals surface area contributed by atoms with Crippen LogP contribution in [0.25, 0.3) is 0 Å². The molecule has 2 nitrogen and oxygen atoms in total. The molecule has 2 heteroatoms. The standard InChI is InChI=1S/C117H233NO/c1-2-4-6-8-10-12-14-16-18-20-22-24-26-28-30-32-34-36-38-40-42-44-46-48-50-52-54-56-58-60-62-64-66-68-70-72-74-76-78-80-82-84-86-88-90-92-94-96-98-100-102-104-106-108-110-116-111-112-117(115-118-114-116)119-113-109-107-105-103-101-99-97-95-93-91-89-87-85-83-81-79-77-75-73-71-69-67-65-63-61-59-57-55-53-51-49-47-45-43-41-39-37-35-33-31-29-27-25-23-21-19-17-15-13-11-9-7-5-3-1/h116-118H,1-115H2. The van der Waals surface area contributed by atoms with E-state index in [9.17, 15) is 0 Å². The van der Waals surface area contributed by atoms with Gasteiger partial charge in [0.1, 0.15) is 0 Å². The van der Waals surface area contributed by atoms with Gasteiger partial charge in [0.2, 0.25) is 0 Å². The lowest BCUT2D eigenvalue weighted by Gasteiger charge is -2.16. The molecule has 0 aromatic rings. The molecule has 2 aliphatic rings. The van der Waals surface area contributed by atoms with Crippen LogP contribution in [0.15, 0.2) is 0 Å². The van der Waals surface area contributed by atoms with Crippen molar-refractivity contribution in [3.8, 4) is 0 Å². The first-order chi connectivity index (χ1) is 59.4. The largest absolute Gasteiger partial charge is 0.377 e. The quantitative estimate of drug-likeness (QED) is 0.261. The Labute approximate surface area is 756 Å². The molecular weight excluding hydrogens is 1440 g/mol. The summed E-state index contributed by atoms with van der Waals surface area (Å²) in [6.07, 6.45) is 167. The van der Waals surface area contributed by atoms with Crippen LogP contribution in [-0.4, -0.2) is 25.8 Å². The summed E-state index contributed by atoms with van der Waals surface area (Å²) in [5.41, 5.74) is 0. The zero-order chi connectivity index (χ0) is 83.9. The highest BCUT2D eigenvalue weighted by Crippen LogP contribution is 2.27. The SMILES string of the molecule is C1CCCCCCCCCCCCCCCCCCCCCCCCCCCCCCCCCCCCCCCCCCCCCCCCCCCCCCCOC2CCC(CCCCCCCCCCCCCCCCCCCCCCCCCCCCCCCCCCCCCCCCCCCCCCCCCCCCCCC1)CNC2. The number of ether oxygens (including phenoxy) is 1. The molecule has 0 aliphatic carbocycles. The van der Waals surface area contributed by atoms with Crippen LogP contribution in [-0.2, 0) is 4.74 Å². The van der Waals surface area contributed by atoms with Crippen molar-refractivity contribution in [1.29, 1.82) is 0 Å². The number of hydrogen-bond acceptors (Lipinski definition) is 2. The van der Waals surface area contributed by atoms with Gasteiger partial charge >= 0.3 is 0 Å². The number of fused-ring (bicyclic) bond motifs is 3. The minimum absolute atomic E-state index is 0.453. The first kappa shape index (κ1) is 115. The Balaban J connectivity index is 1.39. The molecular formula is C117H233NO. The van der Waals surface area contributed by atoms with Gasteiger partial charge in [-0.1, -0.05) is 693 Å². The zero-order valence-electron chi connectivity index (χ0n) is 83.4. The molecule has 0 amide bonds. The van der Waals surface area contributed by atoms with Gasteiger partial charge < -0.3 is 10.1 Å². The second-order valence-corrected chi connectivity index (χ2v) is 41.9. The average molecular weight is 1670 g/mol. The molecule has 712 valence electrons. The summed E-state index contributed by atoms with van der Waals surface area (Å²) in [4.78, 5) is 0. The molecule has 0 saturated carbocycles. The second-order valence-electron chi connectivity index (χ2n) is 41.9. The van der Waals surface area contributed by atoms with Gasteiger partial charge in [-0.25, -0.2) is 0 Å². The molecule has 0 aromatic carbocycles. The lowest BCUT2D eigenvalue weighted by molar-refractivity contribution is 0.0474. The van der Waals surface area contributed by atoms with Gasteiger partial charge in [-0.2, -0.15) is 0 Å². The predicted octanol–water partition coefficient (Wildman–Crippen LogP) is 43.3. The van der Waals surface area contributed by atoms with E-state index in [1.54, 1.807) is 0 Å². The van der Waals surface area contributed by atoms with Crippen molar-refractivity contribution in [2.24, 2.45) is 5.92 Å². The van der Waals surface area contributed by atoms with E-state index >= 15 is 0 Å². The van der Waals surface area contributed by atoms with Crippen LogP contribution in [0.3, 0.4) is 0 Å². The molecule has 2 rings (SSSR count). The van der Waals surface area contributed by atoms with Gasteiger partial charge in [0.25, 0.3) is 0 Å². The first-order valence-electron chi connectivity index (χ1n) is 58.8. The molecule has 1 N–H and O–H groups in total. The third-order valence-corrected chi connectivity index (χ3v) is 29.8. The van der Waals surface area contributed by atoms with Crippen LogP contribution in [0.4, 0.5) is 0 Å². The van der Waals surface area contributed by atoms with Crippen LogP contribution in [0.5, 0.6) is 0 Å². The highest BCUT2D eigenvalue weighted by Gasteiger charge is 2.19. The second kappa shape index (κ2) is 107. The van der Waals surface area contributed by atoms with Crippen LogP contribution < -0.4 is 5.32 Å². The van der Waals surface area contributed by atoms with E-state index in [0.29, 0.717) is 6.10 Å². The van der Waals surface area contributed by atoms with Gasteiger partial charge in [0.05, 0.1) is 6.10 Å². The van der Waals surface area contributed by atoms with Crippen molar-refractivity contribution in [2.75, 3.05) is 19.7 Å². The van der Waals surface area contributed by atoms with Crippen molar-refractivity contribution in [2.45, 2.75) is 725 Å². The Morgan fingerprint density at radius 2 is 0.210 bits per heavy atom. The maximum atomic E-state index is 6.42. The van der Waals surface area contributed by atoms with E-state index in [1.165, 1.54) is 726 Å². The minimum Gasteiger partial charge on any atom is -0.377 e. The van der Waals surface area contributed by atoms with E-state index in [-0.39, 0.29) is 0 Å². The normalized spacial score (nSPS) is 25.4. The minimum atomic E-state index is 0.453. The maximum absolute atomic E-state index is 6.42.